The standard InChI is InChI=1S/C12H12FN3/c1-9-2-3-10(14-6-9)7-15-11-4-5-12(13)16-8-11/h2-6,8,15H,7H2,1H3. The van der Waals surface area contributed by atoms with E-state index in [1.165, 1.54) is 12.3 Å². The van der Waals surface area contributed by atoms with E-state index in [9.17, 15) is 4.39 Å². The van der Waals surface area contributed by atoms with Gasteiger partial charge in [0, 0.05) is 6.20 Å². The molecule has 0 amide bonds. The van der Waals surface area contributed by atoms with E-state index in [2.05, 4.69) is 15.3 Å². The number of nitrogens with one attached hydrogen (secondary N) is 1. The first-order chi connectivity index (χ1) is 7.74. The quantitative estimate of drug-likeness (QED) is 0.803. The molecule has 0 fully saturated rings. The molecule has 0 atom stereocenters. The number of pyridine rings is 2. The first-order valence-electron chi connectivity index (χ1n) is 5.01. The van der Waals surface area contributed by atoms with Gasteiger partial charge in [-0.3, -0.25) is 4.98 Å². The van der Waals surface area contributed by atoms with E-state index < -0.39 is 5.95 Å². The van der Waals surface area contributed by atoms with E-state index >= 15 is 0 Å². The Bertz CT molecular complexity index is 405. The van der Waals surface area contributed by atoms with Gasteiger partial charge in [0.2, 0.25) is 5.95 Å². The predicted molar refractivity (Wildman–Crippen MR) is 60.5 cm³/mol. The summed E-state index contributed by atoms with van der Waals surface area (Å²) in [6, 6.07) is 6.94. The van der Waals surface area contributed by atoms with Gasteiger partial charge in [-0.15, -0.1) is 0 Å². The molecule has 0 bridgehead atoms. The molecular weight excluding hydrogens is 205 g/mol. The Labute approximate surface area is 93.4 Å². The molecule has 2 heterocycles. The van der Waals surface area contributed by atoms with Gasteiger partial charge in [-0.25, -0.2) is 4.98 Å². The molecule has 0 aliphatic carbocycles. The van der Waals surface area contributed by atoms with Crippen LogP contribution < -0.4 is 5.32 Å². The zero-order chi connectivity index (χ0) is 11.4. The molecule has 82 valence electrons. The lowest BCUT2D eigenvalue weighted by atomic mass is 10.3. The molecule has 0 unspecified atom stereocenters. The molecule has 3 nitrogen and oxygen atoms in total. The Hall–Kier alpha value is -1.97. The van der Waals surface area contributed by atoms with Crippen molar-refractivity contribution in [3.8, 4) is 0 Å². The van der Waals surface area contributed by atoms with Crippen molar-refractivity contribution in [1.29, 1.82) is 0 Å². The van der Waals surface area contributed by atoms with Crippen LogP contribution in [0.4, 0.5) is 10.1 Å². The Morgan fingerprint density at radius 1 is 1.12 bits per heavy atom. The van der Waals surface area contributed by atoms with Crippen molar-refractivity contribution in [2.24, 2.45) is 0 Å². The number of nitrogens with zero attached hydrogens (tertiary/aromatic N) is 2. The van der Waals surface area contributed by atoms with Crippen molar-refractivity contribution < 1.29 is 4.39 Å². The fraction of sp³-hybridized carbons (Fsp3) is 0.167. The average Bonchev–Trinajstić information content (AvgIpc) is 2.30. The number of aryl methyl sites for hydroxylation is 1. The summed E-state index contributed by atoms with van der Waals surface area (Å²) in [4.78, 5) is 7.81. The smallest absolute Gasteiger partial charge is 0.212 e. The molecule has 0 saturated carbocycles. The molecule has 0 aliphatic heterocycles. The van der Waals surface area contributed by atoms with Crippen LogP contribution in [-0.2, 0) is 6.54 Å². The number of hydrogen-bond donors (Lipinski definition) is 1. The Kier molecular flexibility index (Phi) is 3.10. The summed E-state index contributed by atoms with van der Waals surface area (Å²) in [6.45, 7) is 2.60. The minimum atomic E-state index is -0.473. The summed E-state index contributed by atoms with van der Waals surface area (Å²) in [5, 5.41) is 3.12. The van der Waals surface area contributed by atoms with E-state index in [1.807, 2.05) is 25.3 Å². The van der Waals surface area contributed by atoms with Crippen LogP contribution in [0.3, 0.4) is 0 Å². The lowest BCUT2D eigenvalue weighted by Gasteiger charge is -2.05. The molecule has 0 aromatic carbocycles. The first-order valence-corrected chi connectivity index (χ1v) is 5.01. The van der Waals surface area contributed by atoms with Gasteiger partial charge in [0.05, 0.1) is 24.1 Å². The molecule has 1 N–H and O–H groups in total. The second-order valence-electron chi connectivity index (χ2n) is 3.55. The molecule has 4 heteroatoms. The summed E-state index contributed by atoms with van der Waals surface area (Å²) in [7, 11) is 0. The highest BCUT2D eigenvalue weighted by molar-refractivity contribution is 5.40. The van der Waals surface area contributed by atoms with Gasteiger partial charge in [0.15, 0.2) is 0 Å². The van der Waals surface area contributed by atoms with Crippen molar-refractivity contribution in [3.05, 3.63) is 53.9 Å². The molecule has 0 aliphatic rings. The lowest BCUT2D eigenvalue weighted by Crippen LogP contribution is -2.02. The van der Waals surface area contributed by atoms with Gasteiger partial charge >= 0.3 is 0 Å². The molecule has 2 aromatic rings. The highest BCUT2D eigenvalue weighted by atomic mass is 19.1. The van der Waals surface area contributed by atoms with Crippen LogP contribution in [0, 0.1) is 12.9 Å². The van der Waals surface area contributed by atoms with Gasteiger partial charge in [0.1, 0.15) is 0 Å². The number of aromatic nitrogens is 2. The zero-order valence-electron chi connectivity index (χ0n) is 8.94. The van der Waals surface area contributed by atoms with Gasteiger partial charge in [0.25, 0.3) is 0 Å². The van der Waals surface area contributed by atoms with E-state index in [4.69, 9.17) is 0 Å². The SMILES string of the molecule is Cc1ccc(CNc2ccc(F)nc2)nc1. The fourth-order valence-corrected chi connectivity index (χ4v) is 1.28. The van der Waals surface area contributed by atoms with Crippen molar-refractivity contribution in [2.45, 2.75) is 13.5 Å². The van der Waals surface area contributed by atoms with E-state index in [0.717, 1.165) is 16.9 Å². The number of halogens is 1. The summed E-state index contributed by atoms with van der Waals surface area (Å²) in [5.74, 6) is -0.473. The third-order valence-electron chi connectivity index (χ3n) is 2.17. The minimum Gasteiger partial charge on any atom is -0.378 e. The number of rotatable bonds is 3. The topological polar surface area (TPSA) is 37.8 Å². The van der Waals surface area contributed by atoms with Gasteiger partial charge in [-0.05, 0) is 30.7 Å². The van der Waals surface area contributed by atoms with E-state index in [-0.39, 0.29) is 0 Å². The fourth-order valence-electron chi connectivity index (χ4n) is 1.28. The minimum absolute atomic E-state index is 0.473. The maximum absolute atomic E-state index is 12.5. The van der Waals surface area contributed by atoms with Crippen LogP contribution in [0.1, 0.15) is 11.3 Å². The molecule has 0 spiro atoms. The van der Waals surface area contributed by atoms with Crippen LogP contribution in [-0.4, -0.2) is 9.97 Å². The number of anilines is 1. The summed E-state index contributed by atoms with van der Waals surface area (Å²) >= 11 is 0. The van der Waals surface area contributed by atoms with Crippen LogP contribution >= 0.6 is 0 Å². The highest BCUT2D eigenvalue weighted by Crippen LogP contribution is 2.07. The van der Waals surface area contributed by atoms with E-state index in [0.29, 0.717) is 6.54 Å². The van der Waals surface area contributed by atoms with Crippen molar-refractivity contribution >= 4 is 5.69 Å². The van der Waals surface area contributed by atoms with Crippen molar-refractivity contribution in [2.75, 3.05) is 5.32 Å². The predicted octanol–water partition coefficient (Wildman–Crippen LogP) is 2.54. The van der Waals surface area contributed by atoms with Gasteiger partial charge < -0.3 is 5.32 Å². The molecule has 2 rings (SSSR count). The van der Waals surface area contributed by atoms with Crippen LogP contribution in [0.2, 0.25) is 0 Å². The van der Waals surface area contributed by atoms with Crippen molar-refractivity contribution in [3.63, 3.8) is 0 Å². The average molecular weight is 217 g/mol. The monoisotopic (exact) mass is 217 g/mol. The Morgan fingerprint density at radius 3 is 2.62 bits per heavy atom. The Morgan fingerprint density at radius 2 is 2.00 bits per heavy atom. The van der Waals surface area contributed by atoms with E-state index in [1.54, 1.807) is 6.07 Å². The maximum Gasteiger partial charge on any atom is 0.212 e. The molecular formula is C12H12FN3. The van der Waals surface area contributed by atoms with Crippen LogP contribution in [0.15, 0.2) is 36.7 Å². The largest absolute Gasteiger partial charge is 0.378 e. The summed E-state index contributed by atoms with van der Waals surface area (Å²) < 4.78 is 12.5. The number of hydrogen-bond acceptors (Lipinski definition) is 3. The first kappa shape index (κ1) is 10.5. The van der Waals surface area contributed by atoms with Gasteiger partial charge in [-0.1, -0.05) is 6.07 Å². The van der Waals surface area contributed by atoms with Crippen LogP contribution in [0.5, 0.6) is 0 Å². The maximum atomic E-state index is 12.5. The summed E-state index contributed by atoms with van der Waals surface area (Å²) in [5.41, 5.74) is 2.85. The Balaban J connectivity index is 1.97. The molecule has 16 heavy (non-hydrogen) atoms. The second kappa shape index (κ2) is 4.70. The second-order valence-corrected chi connectivity index (χ2v) is 3.55. The van der Waals surface area contributed by atoms with Gasteiger partial charge in [-0.2, -0.15) is 4.39 Å². The third-order valence-corrected chi connectivity index (χ3v) is 2.17. The zero-order valence-corrected chi connectivity index (χ0v) is 8.94. The highest BCUT2D eigenvalue weighted by Gasteiger charge is 1.96. The lowest BCUT2D eigenvalue weighted by molar-refractivity contribution is 0.584. The van der Waals surface area contributed by atoms with Crippen molar-refractivity contribution in [1.82, 2.24) is 9.97 Å². The normalized spacial score (nSPS) is 10.1. The summed E-state index contributed by atoms with van der Waals surface area (Å²) in [6.07, 6.45) is 3.28. The van der Waals surface area contributed by atoms with Crippen LogP contribution in [0.25, 0.3) is 0 Å². The molecule has 2 aromatic heterocycles. The third kappa shape index (κ3) is 2.76. The molecule has 0 radical (unpaired) electrons. The molecule has 0 saturated heterocycles.